The molecule has 0 spiro atoms. The number of methoxy groups -OCH3 is 1. The maximum Gasteiger partial charge on any atom is 0.236 e. The van der Waals surface area contributed by atoms with Crippen molar-refractivity contribution in [3.05, 3.63) is 53.6 Å². The fourth-order valence-electron chi connectivity index (χ4n) is 3.10. The van der Waals surface area contributed by atoms with E-state index in [1.807, 2.05) is 25.1 Å². The molecule has 2 aromatic carbocycles. The van der Waals surface area contributed by atoms with Crippen molar-refractivity contribution in [2.24, 2.45) is 0 Å². The van der Waals surface area contributed by atoms with Gasteiger partial charge < -0.3 is 9.64 Å². The molecule has 0 unspecified atom stereocenters. The quantitative estimate of drug-likeness (QED) is 0.843. The SMILES string of the molecule is COc1cc(NS(=O)(=O)Cc2cccc(C)c2)ccc1N1CCCC1=O. The second-order valence-corrected chi connectivity index (χ2v) is 8.11. The summed E-state index contributed by atoms with van der Waals surface area (Å²) in [5.41, 5.74) is 2.81. The highest BCUT2D eigenvalue weighted by Gasteiger charge is 2.25. The minimum absolute atomic E-state index is 0.0519. The summed E-state index contributed by atoms with van der Waals surface area (Å²) in [6.07, 6.45) is 1.33. The van der Waals surface area contributed by atoms with Gasteiger partial charge in [-0.2, -0.15) is 0 Å². The predicted octanol–water partition coefficient (Wildman–Crippen LogP) is 3.07. The minimum atomic E-state index is -3.56. The maximum atomic E-state index is 12.5. The maximum absolute atomic E-state index is 12.5. The molecule has 0 bridgehead atoms. The van der Waals surface area contributed by atoms with Crippen molar-refractivity contribution in [2.45, 2.75) is 25.5 Å². The third kappa shape index (κ3) is 4.16. The first-order valence-electron chi connectivity index (χ1n) is 8.42. The van der Waals surface area contributed by atoms with Crippen LogP contribution in [0.5, 0.6) is 5.75 Å². The fraction of sp³-hybridized carbons (Fsp3) is 0.316. The standard InChI is InChI=1S/C19H22N2O4S/c1-14-5-3-6-15(11-14)13-26(23,24)20-16-8-9-17(18(12-16)25-2)21-10-4-7-19(21)22/h3,5-6,8-9,11-12,20H,4,7,10,13H2,1-2H3. The van der Waals surface area contributed by atoms with E-state index >= 15 is 0 Å². The smallest absolute Gasteiger partial charge is 0.236 e. The predicted molar refractivity (Wildman–Crippen MR) is 102 cm³/mol. The first-order chi connectivity index (χ1) is 12.4. The Kier molecular flexibility index (Phi) is 5.18. The lowest BCUT2D eigenvalue weighted by Crippen LogP contribution is -2.24. The van der Waals surface area contributed by atoms with Gasteiger partial charge >= 0.3 is 0 Å². The van der Waals surface area contributed by atoms with Gasteiger partial charge in [-0.3, -0.25) is 9.52 Å². The molecule has 0 saturated carbocycles. The Bertz CT molecular complexity index is 925. The van der Waals surface area contributed by atoms with Crippen molar-refractivity contribution in [2.75, 3.05) is 23.3 Å². The van der Waals surface area contributed by atoms with E-state index in [0.717, 1.165) is 17.5 Å². The topological polar surface area (TPSA) is 75.7 Å². The number of carbonyl (C=O) groups is 1. The molecule has 1 heterocycles. The van der Waals surface area contributed by atoms with Crippen LogP contribution >= 0.6 is 0 Å². The number of anilines is 2. The Balaban J connectivity index is 1.80. The van der Waals surface area contributed by atoms with E-state index < -0.39 is 10.0 Å². The van der Waals surface area contributed by atoms with Gasteiger partial charge in [-0.25, -0.2) is 8.42 Å². The van der Waals surface area contributed by atoms with Crippen LogP contribution in [0, 0.1) is 6.92 Å². The molecule has 3 rings (SSSR count). The first kappa shape index (κ1) is 18.3. The Hall–Kier alpha value is -2.54. The zero-order chi connectivity index (χ0) is 18.7. The molecule has 1 fully saturated rings. The number of hydrogen-bond acceptors (Lipinski definition) is 4. The Labute approximate surface area is 153 Å². The number of nitrogens with zero attached hydrogens (tertiary/aromatic N) is 1. The highest BCUT2D eigenvalue weighted by atomic mass is 32.2. The minimum Gasteiger partial charge on any atom is -0.494 e. The number of nitrogens with one attached hydrogen (secondary N) is 1. The number of ether oxygens (including phenoxy) is 1. The molecule has 0 aliphatic carbocycles. The van der Waals surface area contributed by atoms with Gasteiger partial charge in [-0.1, -0.05) is 29.8 Å². The molecule has 0 aromatic heterocycles. The molecule has 1 aliphatic heterocycles. The van der Waals surface area contributed by atoms with E-state index in [1.54, 1.807) is 29.2 Å². The molecule has 6 nitrogen and oxygen atoms in total. The molecule has 138 valence electrons. The highest BCUT2D eigenvalue weighted by molar-refractivity contribution is 7.91. The number of sulfonamides is 1. The highest BCUT2D eigenvalue weighted by Crippen LogP contribution is 2.34. The third-order valence-electron chi connectivity index (χ3n) is 4.26. The van der Waals surface area contributed by atoms with Gasteiger partial charge in [0, 0.05) is 19.0 Å². The van der Waals surface area contributed by atoms with Gasteiger partial charge in [0.05, 0.1) is 24.2 Å². The Morgan fingerprint density at radius 3 is 2.65 bits per heavy atom. The summed E-state index contributed by atoms with van der Waals surface area (Å²) in [4.78, 5) is 13.6. The van der Waals surface area contributed by atoms with Crippen LogP contribution < -0.4 is 14.4 Å². The van der Waals surface area contributed by atoms with Crippen LogP contribution in [0.1, 0.15) is 24.0 Å². The van der Waals surface area contributed by atoms with E-state index in [0.29, 0.717) is 30.1 Å². The third-order valence-corrected chi connectivity index (χ3v) is 5.52. The summed E-state index contributed by atoms with van der Waals surface area (Å²) in [6.45, 7) is 2.57. The summed E-state index contributed by atoms with van der Waals surface area (Å²) in [6, 6.07) is 12.4. The second-order valence-electron chi connectivity index (χ2n) is 6.39. The fourth-order valence-corrected chi connectivity index (χ4v) is 4.28. The van der Waals surface area contributed by atoms with Crippen LogP contribution in [0.3, 0.4) is 0 Å². The number of rotatable bonds is 6. The zero-order valence-corrected chi connectivity index (χ0v) is 15.7. The first-order valence-corrected chi connectivity index (χ1v) is 10.1. The second kappa shape index (κ2) is 7.37. The molecule has 1 N–H and O–H groups in total. The molecule has 26 heavy (non-hydrogen) atoms. The van der Waals surface area contributed by atoms with E-state index in [4.69, 9.17) is 4.74 Å². The molecule has 2 aromatic rings. The van der Waals surface area contributed by atoms with Crippen molar-refractivity contribution in [1.82, 2.24) is 0 Å². The molecule has 1 saturated heterocycles. The lowest BCUT2D eigenvalue weighted by atomic mass is 10.2. The van der Waals surface area contributed by atoms with Crippen molar-refractivity contribution >= 4 is 27.3 Å². The summed E-state index contributed by atoms with van der Waals surface area (Å²) in [5, 5.41) is 0. The number of hydrogen-bond donors (Lipinski definition) is 1. The van der Waals surface area contributed by atoms with E-state index in [9.17, 15) is 13.2 Å². The molecule has 1 aliphatic rings. The van der Waals surface area contributed by atoms with Crippen LogP contribution in [0.25, 0.3) is 0 Å². The van der Waals surface area contributed by atoms with Crippen molar-refractivity contribution in [3.63, 3.8) is 0 Å². The van der Waals surface area contributed by atoms with Gasteiger partial charge in [0.1, 0.15) is 5.75 Å². The van der Waals surface area contributed by atoms with Gasteiger partial charge in [0.25, 0.3) is 0 Å². The van der Waals surface area contributed by atoms with Crippen LogP contribution in [-0.2, 0) is 20.6 Å². The van der Waals surface area contributed by atoms with Gasteiger partial charge in [0.15, 0.2) is 0 Å². The van der Waals surface area contributed by atoms with Crippen LogP contribution in [0.15, 0.2) is 42.5 Å². The molecule has 7 heteroatoms. The average molecular weight is 374 g/mol. The number of benzene rings is 2. The van der Waals surface area contributed by atoms with Crippen LogP contribution in [-0.4, -0.2) is 28.0 Å². The Morgan fingerprint density at radius 1 is 1.19 bits per heavy atom. The van der Waals surface area contributed by atoms with Gasteiger partial charge in [0.2, 0.25) is 15.9 Å². The van der Waals surface area contributed by atoms with Gasteiger partial charge in [-0.05, 0) is 31.0 Å². The van der Waals surface area contributed by atoms with E-state index in [-0.39, 0.29) is 11.7 Å². The van der Waals surface area contributed by atoms with Gasteiger partial charge in [-0.15, -0.1) is 0 Å². The van der Waals surface area contributed by atoms with Crippen molar-refractivity contribution in [1.29, 1.82) is 0 Å². The summed E-state index contributed by atoms with van der Waals surface area (Å²) in [7, 11) is -2.05. The summed E-state index contributed by atoms with van der Waals surface area (Å²) >= 11 is 0. The molecule has 0 radical (unpaired) electrons. The lowest BCUT2D eigenvalue weighted by Gasteiger charge is -2.20. The largest absolute Gasteiger partial charge is 0.494 e. The van der Waals surface area contributed by atoms with Crippen LogP contribution in [0.2, 0.25) is 0 Å². The summed E-state index contributed by atoms with van der Waals surface area (Å²) in [5.74, 6) is 0.413. The van der Waals surface area contributed by atoms with Crippen LogP contribution in [0.4, 0.5) is 11.4 Å². The summed E-state index contributed by atoms with van der Waals surface area (Å²) < 4.78 is 32.9. The van der Waals surface area contributed by atoms with Crippen molar-refractivity contribution < 1.29 is 17.9 Å². The monoisotopic (exact) mass is 374 g/mol. The zero-order valence-electron chi connectivity index (χ0n) is 14.9. The molecule has 0 atom stereocenters. The Morgan fingerprint density at radius 2 is 2.00 bits per heavy atom. The molecule has 1 amide bonds. The average Bonchev–Trinajstić information content (AvgIpc) is 2.99. The number of carbonyl (C=O) groups excluding carboxylic acids is 1. The molecular formula is C19H22N2O4S. The number of amides is 1. The number of aryl methyl sites for hydroxylation is 1. The van der Waals surface area contributed by atoms with E-state index in [1.165, 1.54) is 7.11 Å². The lowest BCUT2D eigenvalue weighted by molar-refractivity contribution is -0.117. The molecular weight excluding hydrogens is 352 g/mol. The van der Waals surface area contributed by atoms with Crippen molar-refractivity contribution in [3.8, 4) is 5.75 Å². The normalized spacial score (nSPS) is 14.5. The van der Waals surface area contributed by atoms with E-state index in [2.05, 4.69) is 4.72 Å².